The van der Waals surface area contributed by atoms with Crippen LogP contribution in [0.3, 0.4) is 0 Å². The van der Waals surface area contributed by atoms with Gasteiger partial charge in [-0.05, 0) is 85.0 Å². The summed E-state index contributed by atoms with van der Waals surface area (Å²) < 4.78 is 6.69. The van der Waals surface area contributed by atoms with Crippen molar-refractivity contribution in [2.24, 2.45) is 0 Å². The SMILES string of the molecule is Cc1cc(C)cc(Cc2ccc(Br)cc2/C=C(\C#N)C(=O)Nc2ccc(OCc3ccccc3)cc2)c1. The standard InChI is InChI=1S/C32H27BrN2O2/c1-22-14-23(2)16-25(15-22)17-26-8-9-29(33)19-27(26)18-28(20-34)32(36)35-30-10-12-31(13-11-30)37-21-24-6-4-3-5-7-24/h3-16,18-19H,17,21H2,1-2H3,(H,35,36)/b28-18+. The first kappa shape index (κ1) is 25.9. The molecule has 1 amide bonds. The fourth-order valence-corrected chi connectivity index (χ4v) is 4.51. The maximum Gasteiger partial charge on any atom is 0.266 e. The fourth-order valence-electron chi connectivity index (χ4n) is 4.13. The fraction of sp³-hybridized carbons (Fsp3) is 0.125. The quantitative estimate of drug-likeness (QED) is 0.180. The molecular weight excluding hydrogens is 524 g/mol. The van der Waals surface area contributed by atoms with Crippen LogP contribution in [0.2, 0.25) is 0 Å². The molecule has 0 aliphatic carbocycles. The van der Waals surface area contributed by atoms with E-state index >= 15 is 0 Å². The van der Waals surface area contributed by atoms with Gasteiger partial charge in [0.25, 0.3) is 5.91 Å². The number of nitrogens with zero attached hydrogens (tertiary/aromatic N) is 1. The first-order valence-corrected chi connectivity index (χ1v) is 12.7. The number of ether oxygens (including phenoxy) is 1. The van der Waals surface area contributed by atoms with Crippen LogP contribution in [0.1, 0.15) is 33.4 Å². The molecule has 0 aliphatic rings. The van der Waals surface area contributed by atoms with Crippen LogP contribution in [0, 0.1) is 25.2 Å². The molecule has 0 saturated carbocycles. The molecule has 1 N–H and O–H groups in total. The summed E-state index contributed by atoms with van der Waals surface area (Å²) in [5.74, 6) is 0.237. The van der Waals surface area contributed by atoms with Crippen molar-refractivity contribution < 1.29 is 9.53 Å². The maximum absolute atomic E-state index is 12.9. The highest BCUT2D eigenvalue weighted by Gasteiger charge is 2.12. The Hall–Kier alpha value is -4.14. The molecule has 0 atom stereocenters. The lowest BCUT2D eigenvalue weighted by molar-refractivity contribution is -0.112. The van der Waals surface area contributed by atoms with Gasteiger partial charge in [-0.1, -0.05) is 81.7 Å². The van der Waals surface area contributed by atoms with E-state index in [2.05, 4.69) is 59.4 Å². The summed E-state index contributed by atoms with van der Waals surface area (Å²) in [6.07, 6.45) is 2.35. The second kappa shape index (κ2) is 12.2. The molecule has 0 radical (unpaired) electrons. The van der Waals surface area contributed by atoms with Crippen molar-refractivity contribution in [1.29, 1.82) is 5.26 Å². The lowest BCUT2D eigenvalue weighted by Gasteiger charge is -2.11. The Balaban J connectivity index is 1.48. The number of carbonyl (C=O) groups excluding carboxylic acids is 1. The minimum absolute atomic E-state index is 0.0316. The highest BCUT2D eigenvalue weighted by Crippen LogP contribution is 2.24. The van der Waals surface area contributed by atoms with Gasteiger partial charge in [0.2, 0.25) is 0 Å². The van der Waals surface area contributed by atoms with E-state index in [-0.39, 0.29) is 5.57 Å². The van der Waals surface area contributed by atoms with Crippen molar-refractivity contribution in [2.75, 3.05) is 5.32 Å². The zero-order valence-corrected chi connectivity index (χ0v) is 22.4. The average molecular weight is 551 g/mol. The lowest BCUT2D eigenvalue weighted by atomic mass is 9.96. The normalized spacial score (nSPS) is 11.0. The van der Waals surface area contributed by atoms with Gasteiger partial charge in [0.15, 0.2) is 0 Å². The highest BCUT2D eigenvalue weighted by atomic mass is 79.9. The van der Waals surface area contributed by atoms with Crippen molar-refractivity contribution >= 4 is 33.6 Å². The van der Waals surface area contributed by atoms with Gasteiger partial charge < -0.3 is 10.1 Å². The monoisotopic (exact) mass is 550 g/mol. The van der Waals surface area contributed by atoms with Crippen LogP contribution >= 0.6 is 15.9 Å². The van der Waals surface area contributed by atoms with E-state index in [9.17, 15) is 10.1 Å². The number of nitriles is 1. The van der Waals surface area contributed by atoms with Gasteiger partial charge >= 0.3 is 0 Å². The molecule has 4 aromatic rings. The van der Waals surface area contributed by atoms with Gasteiger partial charge in [0.1, 0.15) is 24.0 Å². The molecule has 5 heteroatoms. The predicted octanol–water partition coefficient (Wildman–Crippen LogP) is 7.78. The zero-order chi connectivity index (χ0) is 26.2. The van der Waals surface area contributed by atoms with Gasteiger partial charge in [-0.15, -0.1) is 0 Å². The molecule has 4 rings (SSSR count). The van der Waals surface area contributed by atoms with Crippen LogP contribution in [-0.2, 0) is 17.8 Å². The minimum Gasteiger partial charge on any atom is -0.489 e. The smallest absolute Gasteiger partial charge is 0.266 e. The van der Waals surface area contributed by atoms with Gasteiger partial charge in [-0.25, -0.2) is 0 Å². The van der Waals surface area contributed by atoms with Crippen LogP contribution in [0.4, 0.5) is 5.69 Å². The van der Waals surface area contributed by atoms with Gasteiger partial charge in [-0.3, -0.25) is 4.79 Å². The van der Waals surface area contributed by atoms with Crippen LogP contribution in [0.5, 0.6) is 5.75 Å². The van der Waals surface area contributed by atoms with E-state index in [1.165, 1.54) is 16.7 Å². The van der Waals surface area contributed by atoms with E-state index in [1.54, 1.807) is 30.3 Å². The van der Waals surface area contributed by atoms with Gasteiger partial charge in [0.05, 0.1) is 0 Å². The van der Waals surface area contributed by atoms with Crippen molar-refractivity contribution in [3.63, 3.8) is 0 Å². The number of nitrogens with one attached hydrogen (secondary N) is 1. The number of anilines is 1. The number of halogens is 1. The van der Waals surface area contributed by atoms with E-state index in [4.69, 9.17) is 4.74 Å². The Morgan fingerprint density at radius 1 is 0.919 bits per heavy atom. The third kappa shape index (κ3) is 7.42. The van der Waals surface area contributed by atoms with Crippen molar-refractivity contribution in [3.8, 4) is 11.8 Å². The first-order chi connectivity index (χ1) is 17.9. The Kier molecular flexibility index (Phi) is 8.56. The summed E-state index contributed by atoms with van der Waals surface area (Å²) in [5, 5.41) is 12.6. The Bertz CT molecular complexity index is 1450. The van der Waals surface area contributed by atoms with Gasteiger partial charge in [0, 0.05) is 10.2 Å². The molecule has 0 unspecified atom stereocenters. The predicted molar refractivity (Wildman–Crippen MR) is 152 cm³/mol. The van der Waals surface area contributed by atoms with E-state index in [1.807, 2.05) is 48.5 Å². The lowest BCUT2D eigenvalue weighted by Crippen LogP contribution is -2.13. The number of amides is 1. The number of benzene rings is 4. The van der Waals surface area contributed by atoms with Crippen molar-refractivity contribution in [2.45, 2.75) is 26.9 Å². The van der Waals surface area contributed by atoms with E-state index in [0.717, 1.165) is 21.2 Å². The molecule has 0 saturated heterocycles. The van der Waals surface area contributed by atoms with Crippen molar-refractivity contribution in [1.82, 2.24) is 0 Å². The molecule has 4 aromatic carbocycles. The Labute approximate surface area is 226 Å². The average Bonchev–Trinajstić information content (AvgIpc) is 2.88. The molecular formula is C32H27BrN2O2. The second-order valence-electron chi connectivity index (χ2n) is 8.94. The van der Waals surface area contributed by atoms with Crippen molar-refractivity contribution in [3.05, 3.63) is 134 Å². The molecule has 0 spiro atoms. The summed E-state index contributed by atoms with van der Waals surface area (Å²) in [5.41, 5.74) is 7.15. The number of hydrogen-bond donors (Lipinski definition) is 1. The van der Waals surface area contributed by atoms with Crippen LogP contribution in [0.25, 0.3) is 6.08 Å². The molecule has 4 nitrogen and oxygen atoms in total. The van der Waals surface area contributed by atoms with E-state index in [0.29, 0.717) is 24.5 Å². The second-order valence-corrected chi connectivity index (χ2v) is 9.85. The topological polar surface area (TPSA) is 62.1 Å². The zero-order valence-electron chi connectivity index (χ0n) is 20.8. The number of rotatable bonds is 8. The molecule has 0 aliphatic heterocycles. The third-order valence-electron chi connectivity index (χ3n) is 5.81. The van der Waals surface area contributed by atoms with Crippen LogP contribution < -0.4 is 10.1 Å². The summed E-state index contributed by atoms with van der Waals surface area (Å²) in [4.78, 5) is 12.9. The summed E-state index contributed by atoms with van der Waals surface area (Å²) in [6, 6.07) is 31.5. The molecule has 37 heavy (non-hydrogen) atoms. The summed E-state index contributed by atoms with van der Waals surface area (Å²) >= 11 is 3.52. The largest absolute Gasteiger partial charge is 0.489 e. The Morgan fingerprint density at radius 3 is 2.30 bits per heavy atom. The molecule has 0 heterocycles. The minimum atomic E-state index is -0.460. The van der Waals surface area contributed by atoms with Gasteiger partial charge in [-0.2, -0.15) is 5.26 Å². The number of aryl methyl sites for hydroxylation is 2. The molecule has 0 aromatic heterocycles. The maximum atomic E-state index is 12.9. The van der Waals surface area contributed by atoms with Crippen LogP contribution in [0.15, 0.2) is 101 Å². The number of hydrogen-bond acceptors (Lipinski definition) is 3. The summed E-state index contributed by atoms with van der Waals surface area (Å²) in [6.45, 7) is 4.63. The number of carbonyl (C=O) groups is 1. The highest BCUT2D eigenvalue weighted by molar-refractivity contribution is 9.10. The summed E-state index contributed by atoms with van der Waals surface area (Å²) in [7, 11) is 0. The van der Waals surface area contributed by atoms with Crippen LogP contribution in [-0.4, -0.2) is 5.91 Å². The molecule has 0 fully saturated rings. The first-order valence-electron chi connectivity index (χ1n) is 11.9. The Morgan fingerprint density at radius 2 is 1.62 bits per heavy atom. The third-order valence-corrected chi connectivity index (χ3v) is 6.30. The molecule has 184 valence electrons. The van der Waals surface area contributed by atoms with E-state index < -0.39 is 5.91 Å². The molecule has 0 bridgehead atoms.